The Kier molecular flexibility index (Phi) is 8.88. The summed E-state index contributed by atoms with van der Waals surface area (Å²) in [6.07, 6.45) is 8.91. The minimum Gasteiger partial charge on any atom is -0.279 e. The number of nitrogens with one attached hydrogen (secondary N) is 2. The zero-order chi connectivity index (χ0) is 25.8. The number of hydrogen-bond donors (Lipinski definition) is 2. The number of hydrazone groups is 2. The van der Waals surface area contributed by atoms with Crippen LogP contribution in [0.4, 0.5) is 17.1 Å². The second kappa shape index (κ2) is 12.7. The van der Waals surface area contributed by atoms with Crippen LogP contribution < -0.4 is 10.9 Å². The van der Waals surface area contributed by atoms with Crippen molar-refractivity contribution < 1.29 is 14.6 Å². The van der Waals surface area contributed by atoms with E-state index in [9.17, 15) is 25.0 Å². The van der Waals surface area contributed by atoms with Crippen molar-refractivity contribution in [3.8, 4) is 0 Å². The van der Waals surface area contributed by atoms with Crippen LogP contribution in [-0.4, -0.2) is 28.2 Å². The molecule has 0 unspecified atom stereocenters. The zero-order valence-corrected chi connectivity index (χ0v) is 18.7. The normalized spacial score (nSPS) is 11.4. The number of allylic oxidation sites excluding steroid dienone is 2. The number of carbonyl (C=O) groups is 1. The van der Waals surface area contributed by atoms with Crippen LogP contribution in [0.2, 0.25) is 0 Å². The highest BCUT2D eigenvalue weighted by Gasteiger charge is 2.09. The maximum atomic E-state index is 12.2. The molecule has 0 aliphatic rings. The van der Waals surface area contributed by atoms with Gasteiger partial charge in [-0.1, -0.05) is 24.3 Å². The fraction of sp³-hybridized carbons (Fsp3) is 0. The molecule has 11 nitrogen and oxygen atoms in total. The van der Waals surface area contributed by atoms with Gasteiger partial charge in [-0.05, 0) is 60.7 Å². The van der Waals surface area contributed by atoms with Gasteiger partial charge in [-0.15, -0.1) is 0 Å². The lowest BCUT2D eigenvalue weighted by Gasteiger charge is -2.02. The van der Waals surface area contributed by atoms with E-state index in [-0.39, 0.29) is 11.4 Å². The van der Waals surface area contributed by atoms with Gasteiger partial charge in [0.1, 0.15) is 0 Å². The Morgan fingerprint density at radius 1 is 0.722 bits per heavy atom. The first-order chi connectivity index (χ1) is 17.5. The van der Waals surface area contributed by atoms with E-state index in [4.69, 9.17) is 0 Å². The quantitative estimate of drug-likeness (QED) is 0.233. The number of nitrogens with zero attached hydrogens (tertiary/aromatic N) is 4. The van der Waals surface area contributed by atoms with Gasteiger partial charge in [0.15, 0.2) is 0 Å². The minimum absolute atomic E-state index is 0.00417. The maximum Gasteiger partial charge on any atom is 0.276 e. The van der Waals surface area contributed by atoms with E-state index in [2.05, 4.69) is 21.1 Å². The second-order valence-electron chi connectivity index (χ2n) is 7.04. The largest absolute Gasteiger partial charge is 0.279 e. The lowest BCUT2D eigenvalue weighted by molar-refractivity contribution is -0.385. The molecule has 3 aromatic carbocycles. The van der Waals surface area contributed by atoms with Gasteiger partial charge in [0, 0.05) is 30.1 Å². The third-order valence-corrected chi connectivity index (χ3v) is 4.65. The predicted molar refractivity (Wildman–Crippen MR) is 139 cm³/mol. The number of nitro benzene ring substituents is 2. The molecule has 2 N–H and O–H groups in total. The number of hydrogen-bond acceptors (Lipinski definition) is 8. The molecule has 0 aromatic heterocycles. The Bertz CT molecular complexity index is 1360. The van der Waals surface area contributed by atoms with E-state index in [1.807, 2.05) is 0 Å². The van der Waals surface area contributed by atoms with Crippen LogP contribution in [0.1, 0.15) is 21.5 Å². The first-order valence-electron chi connectivity index (χ1n) is 10.5. The molecule has 0 saturated heterocycles. The summed E-state index contributed by atoms with van der Waals surface area (Å²) in [6, 6.07) is 19.1. The molecule has 0 aliphatic carbocycles. The molecule has 3 rings (SSSR count). The van der Waals surface area contributed by atoms with Gasteiger partial charge < -0.3 is 0 Å². The molecule has 0 fully saturated rings. The van der Waals surface area contributed by atoms with E-state index in [1.165, 1.54) is 36.7 Å². The number of anilines is 1. The van der Waals surface area contributed by atoms with E-state index in [1.54, 1.807) is 72.8 Å². The summed E-state index contributed by atoms with van der Waals surface area (Å²) in [5.74, 6) is -0.437. The number of para-hydroxylation sites is 2. The number of carbonyl (C=O) groups excluding carboxylic acids is 1. The number of amides is 1. The first-order valence-corrected chi connectivity index (χ1v) is 10.5. The third kappa shape index (κ3) is 7.28. The molecule has 0 spiro atoms. The number of benzene rings is 3. The van der Waals surface area contributed by atoms with Crippen LogP contribution in [0.25, 0.3) is 12.2 Å². The van der Waals surface area contributed by atoms with Gasteiger partial charge in [-0.3, -0.25) is 30.4 Å². The standard InChI is InChI=1S/C25H20N6O5/c32-25(29-27-18-6-10-20-8-2-4-12-24(20)31(35)36)21-13-15-22(16-14-21)28-26-17-5-9-19-7-1-3-11-23(19)30(33)34/h1-18,28H,(H,29,32)/b9-5+,10-6+,26-17+,27-18+. The summed E-state index contributed by atoms with van der Waals surface area (Å²) in [6.45, 7) is 0. The van der Waals surface area contributed by atoms with Crippen molar-refractivity contribution in [2.45, 2.75) is 0 Å². The van der Waals surface area contributed by atoms with Crippen molar-refractivity contribution in [1.82, 2.24) is 5.43 Å². The highest BCUT2D eigenvalue weighted by molar-refractivity contribution is 5.95. The van der Waals surface area contributed by atoms with Crippen LogP contribution in [0.5, 0.6) is 0 Å². The topological polar surface area (TPSA) is 152 Å². The second-order valence-corrected chi connectivity index (χ2v) is 7.04. The summed E-state index contributed by atoms with van der Waals surface area (Å²) in [7, 11) is 0. The highest BCUT2D eigenvalue weighted by atomic mass is 16.6. The van der Waals surface area contributed by atoms with Crippen molar-refractivity contribution in [2.24, 2.45) is 10.2 Å². The Labute approximate surface area is 205 Å². The summed E-state index contributed by atoms with van der Waals surface area (Å²) < 4.78 is 0. The fourth-order valence-electron chi connectivity index (χ4n) is 2.94. The molecule has 0 aliphatic heterocycles. The first kappa shape index (κ1) is 25.2. The summed E-state index contributed by atoms with van der Waals surface area (Å²) in [5, 5.41) is 29.8. The van der Waals surface area contributed by atoms with E-state index < -0.39 is 15.8 Å². The van der Waals surface area contributed by atoms with E-state index in [0.717, 1.165) is 0 Å². The molecule has 0 radical (unpaired) electrons. The molecule has 0 heterocycles. The van der Waals surface area contributed by atoms with E-state index in [0.29, 0.717) is 22.4 Å². The van der Waals surface area contributed by atoms with Gasteiger partial charge in [0.05, 0.1) is 26.7 Å². The fourth-order valence-corrected chi connectivity index (χ4v) is 2.94. The Morgan fingerprint density at radius 3 is 1.75 bits per heavy atom. The van der Waals surface area contributed by atoms with Crippen molar-refractivity contribution in [3.63, 3.8) is 0 Å². The van der Waals surface area contributed by atoms with Crippen LogP contribution in [-0.2, 0) is 0 Å². The molecular formula is C25H20N6O5. The average molecular weight is 484 g/mol. The lowest BCUT2D eigenvalue weighted by Crippen LogP contribution is -2.17. The molecule has 3 aromatic rings. The molecular weight excluding hydrogens is 464 g/mol. The smallest absolute Gasteiger partial charge is 0.276 e. The monoisotopic (exact) mass is 484 g/mol. The molecule has 11 heteroatoms. The van der Waals surface area contributed by atoms with Crippen molar-refractivity contribution in [2.75, 3.05) is 5.43 Å². The Hall–Kier alpha value is -5.45. The van der Waals surface area contributed by atoms with Gasteiger partial charge in [-0.2, -0.15) is 10.2 Å². The van der Waals surface area contributed by atoms with Gasteiger partial charge in [0.25, 0.3) is 17.3 Å². The summed E-state index contributed by atoms with van der Waals surface area (Å²) in [5.41, 5.74) is 7.00. The third-order valence-electron chi connectivity index (χ3n) is 4.65. The predicted octanol–water partition coefficient (Wildman–Crippen LogP) is 5.04. The highest BCUT2D eigenvalue weighted by Crippen LogP contribution is 2.19. The molecule has 180 valence electrons. The van der Waals surface area contributed by atoms with Gasteiger partial charge in [-0.25, -0.2) is 5.43 Å². The maximum absolute atomic E-state index is 12.2. The number of nitro groups is 2. The Morgan fingerprint density at radius 2 is 1.22 bits per heavy atom. The number of rotatable bonds is 10. The average Bonchev–Trinajstić information content (AvgIpc) is 2.89. The van der Waals surface area contributed by atoms with E-state index >= 15 is 0 Å². The van der Waals surface area contributed by atoms with Crippen LogP contribution in [0, 0.1) is 20.2 Å². The molecule has 36 heavy (non-hydrogen) atoms. The zero-order valence-electron chi connectivity index (χ0n) is 18.7. The van der Waals surface area contributed by atoms with Crippen LogP contribution >= 0.6 is 0 Å². The molecule has 0 bridgehead atoms. The molecule has 1 amide bonds. The van der Waals surface area contributed by atoms with Crippen molar-refractivity contribution >= 4 is 47.6 Å². The van der Waals surface area contributed by atoms with Gasteiger partial charge in [0.2, 0.25) is 0 Å². The van der Waals surface area contributed by atoms with Crippen molar-refractivity contribution in [1.29, 1.82) is 0 Å². The van der Waals surface area contributed by atoms with Crippen LogP contribution in [0.3, 0.4) is 0 Å². The molecule has 0 saturated carbocycles. The SMILES string of the molecule is O=C(N/N=C/C=C/c1ccccc1[N+](=O)[O-])c1ccc(N/N=C/C=C/c2ccccc2[N+](=O)[O-])cc1. The van der Waals surface area contributed by atoms with Crippen LogP contribution in [0.15, 0.2) is 95.2 Å². The summed E-state index contributed by atoms with van der Waals surface area (Å²) in [4.78, 5) is 33.3. The van der Waals surface area contributed by atoms with Crippen molar-refractivity contribution in [3.05, 3.63) is 122 Å². The molecule has 0 atom stereocenters. The lowest BCUT2D eigenvalue weighted by atomic mass is 10.1. The minimum atomic E-state index is -0.474. The summed E-state index contributed by atoms with van der Waals surface area (Å²) >= 11 is 0. The Balaban J connectivity index is 1.49. The van der Waals surface area contributed by atoms with Gasteiger partial charge >= 0.3 is 0 Å².